The monoisotopic (exact) mass is 157 g/mol. The summed E-state index contributed by atoms with van der Waals surface area (Å²) in [5, 5.41) is 0. The fourth-order valence-electron chi connectivity index (χ4n) is 0.813. The SMILES string of the molecule is [C-]#[N+]C(C=O)=Cc1ccccc1. The van der Waals surface area contributed by atoms with E-state index in [2.05, 4.69) is 4.85 Å². The van der Waals surface area contributed by atoms with Crippen molar-refractivity contribution in [2.75, 3.05) is 0 Å². The molecular formula is C10H7NO. The summed E-state index contributed by atoms with van der Waals surface area (Å²) in [6.07, 6.45) is 2.11. The van der Waals surface area contributed by atoms with Gasteiger partial charge in [-0.05, 0) is 11.6 Å². The molecule has 58 valence electrons. The normalized spacial score (nSPS) is 10.4. The van der Waals surface area contributed by atoms with Crippen molar-refractivity contribution in [3.05, 3.63) is 53.0 Å². The highest BCUT2D eigenvalue weighted by molar-refractivity contribution is 5.83. The lowest BCUT2D eigenvalue weighted by Gasteiger charge is -1.89. The van der Waals surface area contributed by atoms with E-state index in [1.54, 1.807) is 6.08 Å². The molecule has 0 atom stereocenters. The zero-order valence-electron chi connectivity index (χ0n) is 6.40. The fourth-order valence-corrected chi connectivity index (χ4v) is 0.813. The van der Waals surface area contributed by atoms with Crippen LogP contribution in [0.15, 0.2) is 36.0 Å². The summed E-state index contributed by atoms with van der Waals surface area (Å²) in [5.74, 6) is 0. The van der Waals surface area contributed by atoms with Gasteiger partial charge in [-0.2, -0.15) is 0 Å². The van der Waals surface area contributed by atoms with E-state index in [0.717, 1.165) is 5.56 Å². The summed E-state index contributed by atoms with van der Waals surface area (Å²) in [7, 11) is 0. The minimum atomic E-state index is 0.126. The van der Waals surface area contributed by atoms with Crippen LogP contribution in [0.5, 0.6) is 0 Å². The van der Waals surface area contributed by atoms with E-state index in [-0.39, 0.29) is 5.70 Å². The van der Waals surface area contributed by atoms with Gasteiger partial charge in [-0.3, -0.25) is 0 Å². The standard InChI is InChI=1S/C10H7NO/c1-11-10(8-12)7-9-5-3-2-4-6-9/h2-8H. The van der Waals surface area contributed by atoms with Crippen LogP contribution in [0, 0.1) is 6.57 Å². The van der Waals surface area contributed by atoms with Gasteiger partial charge in [-0.25, -0.2) is 4.85 Å². The second-order valence-corrected chi connectivity index (χ2v) is 2.21. The Balaban J connectivity index is 2.96. The van der Waals surface area contributed by atoms with Gasteiger partial charge in [0.1, 0.15) is 6.29 Å². The van der Waals surface area contributed by atoms with Crippen LogP contribution >= 0.6 is 0 Å². The van der Waals surface area contributed by atoms with Crippen LogP contribution in [0.3, 0.4) is 0 Å². The molecule has 0 fully saturated rings. The van der Waals surface area contributed by atoms with Gasteiger partial charge in [0.15, 0.2) is 0 Å². The summed E-state index contributed by atoms with van der Waals surface area (Å²) in [6.45, 7) is 6.63. The Morgan fingerprint density at radius 1 is 1.33 bits per heavy atom. The Morgan fingerprint density at radius 3 is 2.50 bits per heavy atom. The zero-order chi connectivity index (χ0) is 8.81. The van der Waals surface area contributed by atoms with E-state index in [1.807, 2.05) is 30.3 Å². The number of hydrogen-bond acceptors (Lipinski definition) is 1. The number of benzene rings is 1. The number of aldehydes is 1. The second kappa shape index (κ2) is 4.09. The molecule has 0 saturated heterocycles. The van der Waals surface area contributed by atoms with Crippen LogP contribution in [-0.4, -0.2) is 6.29 Å². The van der Waals surface area contributed by atoms with E-state index in [0.29, 0.717) is 6.29 Å². The van der Waals surface area contributed by atoms with E-state index in [4.69, 9.17) is 6.57 Å². The predicted molar refractivity (Wildman–Crippen MR) is 47.1 cm³/mol. The Labute approximate surface area is 71.0 Å². The van der Waals surface area contributed by atoms with Gasteiger partial charge in [0, 0.05) is 0 Å². The van der Waals surface area contributed by atoms with Crippen LogP contribution < -0.4 is 0 Å². The molecule has 0 bridgehead atoms. The van der Waals surface area contributed by atoms with Crippen molar-refractivity contribution in [2.45, 2.75) is 0 Å². The van der Waals surface area contributed by atoms with E-state index >= 15 is 0 Å². The number of nitrogens with zero attached hydrogens (tertiary/aromatic N) is 1. The maximum absolute atomic E-state index is 10.3. The van der Waals surface area contributed by atoms with Crippen molar-refractivity contribution < 1.29 is 4.79 Å². The van der Waals surface area contributed by atoms with Crippen molar-refractivity contribution in [3.8, 4) is 0 Å². The molecule has 12 heavy (non-hydrogen) atoms. The van der Waals surface area contributed by atoms with Crippen LogP contribution in [0.2, 0.25) is 0 Å². The molecule has 0 radical (unpaired) electrons. The zero-order valence-corrected chi connectivity index (χ0v) is 6.40. The smallest absolute Gasteiger partial charge is 0.226 e. The second-order valence-electron chi connectivity index (χ2n) is 2.21. The summed E-state index contributed by atoms with van der Waals surface area (Å²) in [5.41, 5.74) is 0.997. The fraction of sp³-hybridized carbons (Fsp3) is 0. The molecule has 0 spiro atoms. The third-order valence-electron chi connectivity index (χ3n) is 1.36. The molecule has 2 nitrogen and oxygen atoms in total. The Kier molecular flexibility index (Phi) is 2.80. The quantitative estimate of drug-likeness (QED) is 0.366. The lowest BCUT2D eigenvalue weighted by atomic mass is 10.2. The van der Waals surface area contributed by atoms with Crippen LogP contribution in [-0.2, 0) is 4.79 Å². The molecule has 0 aliphatic carbocycles. The summed E-state index contributed by atoms with van der Waals surface area (Å²) in [4.78, 5) is 13.3. The summed E-state index contributed by atoms with van der Waals surface area (Å²) in [6, 6.07) is 9.29. The highest BCUT2D eigenvalue weighted by Crippen LogP contribution is 2.05. The van der Waals surface area contributed by atoms with Crippen LogP contribution in [0.25, 0.3) is 10.9 Å². The topological polar surface area (TPSA) is 21.4 Å². The third kappa shape index (κ3) is 2.06. The van der Waals surface area contributed by atoms with E-state index < -0.39 is 0 Å². The van der Waals surface area contributed by atoms with Gasteiger partial charge in [-0.15, -0.1) is 0 Å². The van der Waals surface area contributed by atoms with Gasteiger partial charge >= 0.3 is 0 Å². The minimum absolute atomic E-state index is 0.126. The molecule has 0 heterocycles. The maximum atomic E-state index is 10.3. The van der Waals surface area contributed by atoms with Crippen LogP contribution in [0.1, 0.15) is 5.56 Å². The molecule has 0 aromatic heterocycles. The summed E-state index contributed by atoms with van der Waals surface area (Å²) < 4.78 is 0. The molecule has 2 heteroatoms. The Morgan fingerprint density at radius 2 is 2.00 bits per heavy atom. The first-order valence-electron chi connectivity index (χ1n) is 3.46. The van der Waals surface area contributed by atoms with Gasteiger partial charge in [0.25, 0.3) is 0 Å². The molecule has 1 rings (SSSR count). The highest BCUT2D eigenvalue weighted by Gasteiger charge is 1.91. The first kappa shape index (κ1) is 8.22. The first-order chi connectivity index (χ1) is 5.86. The highest BCUT2D eigenvalue weighted by atomic mass is 16.1. The van der Waals surface area contributed by atoms with Crippen molar-refractivity contribution in [2.24, 2.45) is 0 Å². The number of rotatable bonds is 2. The van der Waals surface area contributed by atoms with Gasteiger partial charge in [0.05, 0.1) is 6.57 Å². The average Bonchev–Trinajstić information content (AvgIpc) is 2.16. The van der Waals surface area contributed by atoms with Gasteiger partial charge < -0.3 is 4.79 Å². The van der Waals surface area contributed by atoms with Crippen molar-refractivity contribution in [1.82, 2.24) is 0 Å². The number of hydrogen-bond donors (Lipinski definition) is 0. The minimum Gasteiger partial charge on any atom is -0.312 e. The molecule has 0 aliphatic rings. The molecule has 0 amide bonds. The Bertz CT molecular complexity index is 333. The first-order valence-corrected chi connectivity index (χ1v) is 3.46. The lowest BCUT2D eigenvalue weighted by molar-refractivity contribution is -0.104. The Hall–Kier alpha value is -1.88. The van der Waals surface area contributed by atoms with Crippen molar-refractivity contribution in [3.63, 3.8) is 0 Å². The lowest BCUT2D eigenvalue weighted by Crippen LogP contribution is -1.76. The van der Waals surface area contributed by atoms with E-state index in [9.17, 15) is 4.79 Å². The number of allylic oxidation sites excluding steroid dienone is 1. The number of carbonyl (C=O) groups excluding carboxylic acids is 1. The third-order valence-corrected chi connectivity index (χ3v) is 1.36. The summed E-state index contributed by atoms with van der Waals surface area (Å²) >= 11 is 0. The maximum Gasteiger partial charge on any atom is 0.226 e. The molecular weight excluding hydrogens is 150 g/mol. The van der Waals surface area contributed by atoms with Crippen molar-refractivity contribution >= 4 is 12.4 Å². The molecule has 1 aromatic carbocycles. The van der Waals surface area contributed by atoms with E-state index in [1.165, 1.54) is 0 Å². The molecule has 0 aliphatic heterocycles. The molecule has 0 saturated carbocycles. The van der Waals surface area contributed by atoms with Gasteiger partial charge in [0.2, 0.25) is 5.70 Å². The largest absolute Gasteiger partial charge is 0.312 e. The number of carbonyl (C=O) groups is 1. The molecule has 0 unspecified atom stereocenters. The van der Waals surface area contributed by atoms with Gasteiger partial charge in [-0.1, -0.05) is 30.3 Å². The van der Waals surface area contributed by atoms with Crippen LogP contribution in [0.4, 0.5) is 0 Å². The predicted octanol–water partition coefficient (Wildman–Crippen LogP) is 2.15. The molecule has 1 aromatic rings. The average molecular weight is 157 g/mol. The molecule has 0 N–H and O–H groups in total. The van der Waals surface area contributed by atoms with Crippen molar-refractivity contribution in [1.29, 1.82) is 0 Å².